The predicted octanol–water partition coefficient (Wildman–Crippen LogP) is 5.07. The number of fused-ring (bicyclic) bond motifs is 1. The summed E-state index contributed by atoms with van der Waals surface area (Å²) in [5.41, 5.74) is 2.70. The zero-order valence-corrected chi connectivity index (χ0v) is 16.3. The van der Waals surface area contributed by atoms with Crippen molar-refractivity contribution >= 4 is 22.5 Å². The Morgan fingerprint density at radius 1 is 0.967 bits per heavy atom. The Balaban J connectivity index is 1.61. The molecule has 30 heavy (non-hydrogen) atoms. The van der Waals surface area contributed by atoms with Gasteiger partial charge in [-0.25, -0.2) is 9.37 Å². The van der Waals surface area contributed by atoms with Gasteiger partial charge in [0.1, 0.15) is 17.3 Å². The highest BCUT2D eigenvalue weighted by Gasteiger charge is 2.13. The van der Waals surface area contributed by atoms with E-state index >= 15 is 0 Å². The molecule has 150 valence electrons. The number of benzene rings is 3. The number of rotatable bonds is 6. The molecule has 0 fully saturated rings. The second-order valence-electron chi connectivity index (χ2n) is 6.57. The molecule has 0 saturated heterocycles. The molecule has 0 spiro atoms. The van der Waals surface area contributed by atoms with Gasteiger partial charge in [-0.2, -0.15) is 0 Å². The van der Waals surface area contributed by atoms with Crippen molar-refractivity contribution in [2.24, 2.45) is 0 Å². The predicted molar refractivity (Wildman–Crippen MR) is 114 cm³/mol. The number of nitrogens with zero attached hydrogens (tertiary/aromatic N) is 1. The molecule has 0 atom stereocenters. The first kappa shape index (κ1) is 19.4. The third-order valence-electron chi connectivity index (χ3n) is 4.54. The first-order valence-electron chi connectivity index (χ1n) is 9.35. The number of carbonyl (C=O) groups is 1. The van der Waals surface area contributed by atoms with E-state index in [-0.39, 0.29) is 12.5 Å². The first-order valence-corrected chi connectivity index (χ1v) is 9.35. The van der Waals surface area contributed by atoms with Crippen LogP contribution in [-0.4, -0.2) is 24.6 Å². The molecule has 0 bridgehead atoms. The summed E-state index contributed by atoms with van der Waals surface area (Å²) in [5.74, 6) is 0.171. The fourth-order valence-corrected chi connectivity index (χ4v) is 3.12. The average Bonchev–Trinajstić information content (AvgIpc) is 2.78. The van der Waals surface area contributed by atoms with Crippen LogP contribution in [0.15, 0.2) is 78.9 Å². The SMILES string of the molecule is COc1ccccc1NC(=O)COc1cc(-c2ccccc2)nc2ccc(F)cc12. The van der Waals surface area contributed by atoms with Gasteiger partial charge >= 0.3 is 0 Å². The van der Waals surface area contributed by atoms with Crippen LogP contribution in [0.1, 0.15) is 0 Å². The zero-order valence-electron chi connectivity index (χ0n) is 16.3. The van der Waals surface area contributed by atoms with E-state index in [4.69, 9.17) is 9.47 Å². The highest BCUT2D eigenvalue weighted by Crippen LogP contribution is 2.31. The van der Waals surface area contributed by atoms with Crippen LogP contribution in [0, 0.1) is 5.82 Å². The van der Waals surface area contributed by atoms with Crippen LogP contribution in [0.2, 0.25) is 0 Å². The highest BCUT2D eigenvalue weighted by molar-refractivity contribution is 5.94. The number of aromatic nitrogens is 1. The van der Waals surface area contributed by atoms with Crippen molar-refractivity contribution in [3.63, 3.8) is 0 Å². The van der Waals surface area contributed by atoms with Crippen molar-refractivity contribution in [3.05, 3.63) is 84.7 Å². The minimum Gasteiger partial charge on any atom is -0.495 e. The standard InChI is InChI=1S/C24H19FN2O3/c1-29-22-10-6-5-9-20(22)27-24(28)15-30-23-14-21(16-7-3-2-4-8-16)26-19-12-11-17(25)13-18(19)23/h2-14H,15H2,1H3,(H,27,28). The lowest BCUT2D eigenvalue weighted by atomic mass is 10.1. The molecule has 0 aliphatic heterocycles. The first-order chi connectivity index (χ1) is 14.6. The smallest absolute Gasteiger partial charge is 0.262 e. The van der Waals surface area contributed by atoms with Gasteiger partial charge in [0, 0.05) is 17.0 Å². The quantitative estimate of drug-likeness (QED) is 0.489. The topological polar surface area (TPSA) is 60.5 Å². The molecule has 1 aromatic heterocycles. The van der Waals surface area contributed by atoms with Gasteiger partial charge in [-0.15, -0.1) is 0 Å². The summed E-state index contributed by atoms with van der Waals surface area (Å²) in [6.45, 7) is -0.248. The summed E-state index contributed by atoms with van der Waals surface area (Å²) >= 11 is 0. The Labute approximate surface area is 173 Å². The maximum absolute atomic E-state index is 13.8. The van der Waals surface area contributed by atoms with E-state index in [9.17, 15) is 9.18 Å². The lowest BCUT2D eigenvalue weighted by Gasteiger charge is -2.13. The highest BCUT2D eigenvalue weighted by atomic mass is 19.1. The zero-order chi connectivity index (χ0) is 20.9. The van der Waals surface area contributed by atoms with E-state index in [1.165, 1.54) is 19.2 Å². The normalized spacial score (nSPS) is 10.6. The lowest BCUT2D eigenvalue weighted by molar-refractivity contribution is -0.118. The van der Waals surface area contributed by atoms with E-state index < -0.39 is 5.82 Å². The molecule has 0 radical (unpaired) electrons. The Morgan fingerprint density at radius 2 is 1.73 bits per heavy atom. The third-order valence-corrected chi connectivity index (χ3v) is 4.54. The number of nitrogens with one attached hydrogen (secondary N) is 1. The van der Waals surface area contributed by atoms with Crippen LogP contribution >= 0.6 is 0 Å². The second-order valence-corrected chi connectivity index (χ2v) is 6.57. The number of halogens is 1. The van der Waals surface area contributed by atoms with Crippen molar-refractivity contribution in [1.29, 1.82) is 0 Å². The number of hydrogen-bond acceptors (Lipinski definition) is 4. The van der Waals surface area contributed by atoms with Crippen LogP contribution < -0.4 is 14.8 Å². The van der Waals surface area contributed by atoms with Crippen LogP contribution in [0.3, 0.4) is 0 Å². The number of methoxy groups -OCH3 is 1. The van der Waals surface area contributed by atoms with Crippen molar-refractivity contribution in [1.82, 2.24) is 4.98 Å². The van der Waals surface area contributed by atoms with Crippen molar-refractivity contribution in [3.8, 4) is 22.8 Å². The number of pyridine rings is 1. The van der Waals surface area contributed by atoms with Crippen LogP contribution in [0.4, 0.5) is 10.1 Å². The molecule has 0 aliphatic carbocycles. The molecule has 0 aliphatic rings. The molecule has 5 nitrogen and oxygen atoms in total. The van der Waals surface area contributed by atoms with Gasteiger partial charge in [0.05, 0.1) is 24.0 Å². The molecule has 4 aromatic rings. The lowest BCUT2D eigenvalue weighted by Crippen LogP contribution is -2.20. The van der Waals surface area contributed by atoms with Crippen LogP contribution in [-0.2, 0) is 4.79 Å². The van der Waals surface area contributed by atoms with Gasteiger partial charge in [-0.3, -0.25) is 4.79 Å². The third kappa shape index (κ3) is 4.22. The molecule has 1 amide bonds. The largest absolute Gasteiger partial charge is 0.495 e. The summed E-state index contributed by atoms with van der Waals surface area (Å²) in [4.78, 5) is 17.0. The van der Waals surface area contributed by atoms with Crippen LogP contribution in [0.25, 0.3) is 22.2 Å². The summed E-state index contributed by atoms with van der Waals surface area (Å²) in [6, 6.07) is 22.7. The number of amides is 1. The molecule has 1 heterocycles. The van der Waals surface area contributed by atoms with E-state index in [2.05, 4.69) is 10.3 Å². The summed E-state index contributed by atoms with van der Waals surface area (Å²) < 4.78 is 24.9. The molecule has 6 heteroatoms. The number of para-hydroxylation sites is 2. The molecular formula is C24H19FN2O3. The fraction of sp³-hybridized carbons (Fsp3) is 0.0833. The van der Waals surface area contributed by atoms with Gasteiger partial charge in [0.15, 0.2) is 6.61 Å². The van der Waals surface area contributed by atoms with Crippen molar-refractivity contribution in [2.75, 3.05) is 19.0 Å². The summed E-state index contributed by atoms with van der Waals surface area (Å²) in [6.07, 6.45) is 0. The van der Waals surface area contributed by atoms with E-state index in [0.717, 1.165) is 5.56 Å². The number of anilines is 1. The monoisotopic (exact) mass is 402 g/mol. The summed E-state index contributed by atoms with van der Waals surface area (Å²) in [7, 11) is 1.53. The maximum atomic E-state index is 13.8. The Kier molecular flexibility index (Phi) is 5.57. The van der Waals surface area contributed by atoms with Gasteiger partial charge < -0.3 is 14.8 Å². The Morgan fingerprint density at radius 3 is 2.53 bits per heavy atom. The Bertz CT molecular complexity index is 1200. The maximum Gasteiger partial charge on any atom is 0.262 e. The summed E-state index contributed by atoms with van der Waals surface area (Å²) in [5, 5.41) is 3.26. The number of carbonyl (C=O) groups excluding carboxylic acids is 1. The molecule has 1 N–H and O–H groups in total. The van der Waals surface area contributed by atoms with Gasteiger partial charge in [-0.05, 0) is 30.3 Å². The molecule has 3 aromatic carbocycles. The van der Waals surface area contributed by atoms with Gasteiger partial charge in [0.25, 0.3) is 5.91 Å². The minimum absolute atomic E-state index is 0.248. The van der Waals surface area contributed by atoms with Crippen molar-refractivity contribution in [2.45, 2.75) is 0 Å². The molecule has 0 saturated carbocycles. The van der Waals surface area contributed by atoms with E-state index in [0.29, 0.717) is 33.8 Å². The second kappa shape index (κ2) is 8.61. The minimum atomic E-state index is -0.403. The van der Waals surface area contributed by atoms with E-state index in [1.807, 2.05) is 36.4 Å². The van der Waals surface area contributed by atoms with Gasteiger partial charge in [-0.1, -0.05) is 42.5 Å². The number of hydrogen-bond donors (Lipinski definition) is 1. The number of ether oxygens (including phenoxy) is 2. The van der Waals surface area contributed by atoms with Gasteiger partial charge in [0.2, 0.25) is 0 Å². The molecule has 0 unspecified atom stereocenters. The fourth-order valence-electron chi connectivity index (χ4n) is 3.12. The van der Waals surface area contributed by atoms with Crippen molar-refractivity contribution < 1.29 is 18.7 Å². The average molecular weight is 402 g/mol. The molecule has 4 rings (SSSR count). The Hall–Kier alpha value is -3.93. The molecular weight excluding hydrogens is 383 g/mol. The van der Waals surface area contributed by atoms with Crippen LogP contribution in [0.5, 0.6) is 11.5 Å². The van der Waals surface area contributed by atoms with E-state index in [1.54, 1.807) is 30.3 Å².